The van der Waals surface area contributed by atoms with Gasteiger partial charge in [0.25, 0.3) is 0 Å². The van der Waals surface area contributed by atoms with E-state index in [0.717, 1.165) is 10.5 Å². The normalized spacial score (nSPS) is 10.7. The number of thiazole rings is 1. The summed E-state index contributed by atoms with van der Waals surface area (Å²) in [5, 5.41) is 2.18. The lowest BCUT2D eigenvalue weighted by molar-refractivity contribution is 0.585. The predicted octanol–water partition coefficient (Wildman–Crippen LogP) is 5.53. The summed E-state index contributed by atoms with van der Waals surface area (Å²) in [6.45, 7) is 3.29. The maximum absolute atomic E-state index is 5.43. The van der Waals surface area contributed by atoms with Gasteiger partial charge in [-0.3, -0.25) is 0 Å². The molecule has 0 saturated heterocycles. The van der Waals surface area contributed by atoms with E-state index in [-0.39, 0.29) is 0 Å². The molecule has 0 N–H and O–H groups in total. The van der Waals surface area contributed by atoms with Crippen LogP contribution < -0.4 is 0 Å². The van der Waals surface area contributed by atoms with Crippen molar-refractivity contribution in [1.29, 1.82) is 0 Å². The Hall–Kier alpha value is -0.930. The molecule has 0 aliphatic heterocycles. The van der Waals surface area contributed by atoms with Gasteiger partial charge in [-0.1, -0.05) is 56.5 Å². The smallest absolute Gasteiger partial charge is 0.161 e. The number of nitrogens with zero attached hydrogens (tertiary/aromatic N) is 1. The van der Waals surface area contributed by atoms with Crippen LogP contribution >= 0.6 is 23.6 Å². The number of unbranched alkanes of at least 4 members (excludes halogenated alkanes) is 3. The third kappa shape index (κ3) is 3.30. The Morgan fingerprint density at radius 1 is 1.11 bits per heavy atom. The average Bonchev–Trinajstić information content (AvgIpc) is 2.77. The van der Waals surface area contributed by atoms with Crippen LogP contribution in [0, 0.1) is 3.95 Å². The van der Waals surface area contributed by atoms with E-state index in [0.29, 0.717) is 0 Å². The summed E-state index contributed by atoms with van der Waals surface area (Å²) in [7, 11) is 0. The lowest BCUT2D eigenvalue weighted by Crippen LogP contribution is -2.00. The van der Waals surface area contributed by atoms with Gasteiger partial charge >= 0.3 is 0 Å². The highest BCUT2D eigenvalue weighted by Crippen LogP contribution is 2.24. The van der Waals surface area contributed by atoms with E-state index in [1.807, 2.05) is 0 Å². The Morgan fingerprint density at radius 3 is 2.61 bits per heavy atom. The van der Waals surface area contributed by atoms with E-state index < -0.39 is 0 Å². The van der Waals surface area contributed by atoms with Crippen molar-refractivity contribution >= 4 is 23.6 Å². The van der Waals surface area contributed by atoms with Crippen molar-refractivity contribution in [3.8, 4) is 11.3 Å². The van der Waals surface area contributed by atoms with Gasteiger partial charge in [-0.05, 0) is 24.2 Å². The van der Waals surface area contributed by atoms with Crippen LogP contribution in [0.3, 0.4) is 0 Å². The topological polar surface area (TPSA) is 4.93 Å². The van der Waals surface area contributed by atoms with Crippen LogP contribution in [0.4, 0.5) is 0 Å². The standard InChI is InChI=1S/C15H19NS2/c1-2-3-4-8-11-16-14(12-18-15(16)17)13-9-6-5-7-10-13/h5-7,9-10,12H,2-4,8,11H2,1H3. The molecule has 18 heavy (non-hydrogen) atoms. The molecule has 0 bridgehead atoms. The first-order valence-electron chi connectivity index (χ1n) is 6.56. The molecule has 96 valence electrons. The van der Waals surface area contributed by atoms with Crippen molar-refractivity contribution in [2.75, 3.05) is 0 Å². The Morgan fingerprint density at radius 2 is 1.89 bits per heavy atom. The van der Waals surface area contributed by atoms with Crippen LogP contribution in [0.2, 0.25) is 0 Å². The quantitative estimate of drug-likeness (QED) is 0.496. The van der Waals surface area contributed by atoms with Gasteiger partial charge in [0.05, 0.1) is 5.69 Å². The molecule has 0 amide bonds. The lowest BCUT2D eigenvalue weighted by atomic mass is 10.1. The van der Waals surface area contributed by atoms with E-state index in [1.54, 1.807) is 11.3 Å². The van der Waals surface area contributed by atoms with Gasteiger partial charge < -0.3 is 4.57 Å². The summed E-state index contributed by atoms with van der Waals surface area (Å²) >= 11 is 7.10. The summed E-state index contributed by atoms with van der Waals surface area (Å²) in [6.07, 6.45) is 5.11. The van der Waals surface area contributed by atoms with Gasteiger partial charge in [0.1, 0.15) is 0 Å². The molecule has 0 unspecified atom stereocenters. The van der Waals surface area contributed by atoms with Gasteiger partial charge in [-0.2, -0.15) is 0 Å². The molecule has 1 aromatic heterocycles. The summed E-state index contributed by atoms with van der Waals surface area (Å²) in [6, 6.07) is 10.5. The van der Waals surface area contributed by atoms with E-state index in [4.69, 9.17) is 12.2 Å². The van der Waals surface area contributed by atoms with Crippen LogP contribution in [0.5, 0.6) is 0 Å². The molecule has 1 heterocycles. The highest BCUT2D eigenvalue weighted by Gasteiger charge is 2.05. The van der Waals surface area contributed by atoms with E-state index in [9.17, 15) is 0 Å². The van der Waals surface area contributed by atoms with Crippen molar-refractivity contribution in [2.24, 2.45) is 0 Å². The number of benzene rings is 1. The first-order valence-corrected chi connectivity index (χ1v) is 7.85. The Balaban J connectivity index is 2.15. The number of hydrogen-bond donors (Lipinski definition) is 0. The Labute approximate surface area is 118 Å². The third-order valence-corrected chi connectivity index (χ3v) is 4.36. The maximum Gasteiger partial charge on any atom is 0.161 e. The van der Waals surface area contributed by atoms with E-state index >= 15 is 0 Å². The minimum atomic E-state index is 0.991. The van der Waals surface area contributed by atoms with Gasteiger partial charge in [0.15, 0.2) is 3.95 Å². The van der Waals surface area contributed by atoms with Crippen molar-refractivity contribution in [2.45, 2.75) is 39.2 Å². The monoisotopic (exact) mass is 277 g/mol. The number of hydrogen-bond acceptors (Lipinski definition) is 2. The van der Waals surface area contributed by atoms with E-state index in [2.05, 4.69) is 47.2 Å². The largest absolute Gasteiger partial charge is 0.323 e. The molecule has 3 heteroatoms. The summed E-state index contributed by atoms with van der Waals surface area (Å²) in [5.74, 6) is 0. The van der Waals surface area contributed by atoms with Crippen LogP contribution in [0.25, 0.3) is 11.3 Å². The highest BCUT2D eigenvalue weighted by atomic mass is 32.1. The Kier molecular flexibility index (Phi) is 5.14. The van der Waals surface area contributed by atoms with Crippen molar-refractivity contribution in [3.63, 3.8) is 0 Å². The second kappa shape index (κ2) is 6.86. The number of rotatable bonds is 6. The van der Waals surface area contributed by atoms with Crippen molar-refractivity contribution in [3.05, 3.63) is 39.7 Å². The molecule has 0 fully saturated rings. The molecule has 0 saturated carbocycles. The average molecular weight is 277 g/mol. The molecule has 2 rings (SSSR count). The van der Waals surface area contributed by atoms with Gasteiger partial charge in [0.2, 0.25) is 0 Å². The zero-order valence-corrected chi connectivity index (χ0v) is 12.4. The molecular weight excluding hydrogens is 258 g/mol. The fourth-order valence-corrected chi connectivity index (χ4v) is 3.20. The van der Waals surface area contributed by atoms with Crippen LogP contribution in [0.1, 0.15) is 32.6 Å². The molecule has 2 aromatic rings. The number of aromatic nitrogens is 1. The van der Waals surface area contributed by atoms with Gasteiger partial charge in [-0.25, -0.2) is 0 Å². The second-order valence-electron chi connectivity index (χ2n) is 4.47. The minimum absolute atomic E-state index is 0.991. The maximum atomic E-state index is 5.43. The lowest BCUT2D eigenvalue weighted by Gasteiger charge is -2.08. The zero-order chi connectivity index (χ0) is 12.8. The predicted molar refractivity (Wildman–Crippen MR) is 82.7 cm³/mol. The molecule has 0 aliphatic rings. The van der Waals surface area contributed by atoms with Crippen molar-refractivity contribution in [1.82, 2.24) is 4.57 Å². The second-order valence-corrected chi connectivity index (χ2v) is 5.97. The molecule has 0 spiro atoms. The van der Waals surface area contributed by atoms with Gasteiger partial charge in [0, 0.05) is 11.9 Å². The molecule has 0 aliphatic carbocycles. The molecule has 1 nitrogen and oxygen atoms in total. The van der Waals surface area contributed by atoms with Crippen LogP contribution in [-0.2, 0) is 6.54 Å². The van der Waals surface area contributed by atoms with E-state index in [1.165, 1.54) is 36.9 Å². The molecular formula is C15H19NS2. The molecule has 0 radical (unpaired) electrons. The first kappa shape index (κ1) is 13.5. The van der Waals surface area contributed by atoms with Crippen molar-refractivity contribution < 1.29 is 0 Å². The van der Waals surface area contributed by atoms with Crippen LogP contribution in [-0.4, -0.2) is 4.57 Å². The summed E-state index contributed by atoms with van der Waals surface area (Å²) < 4.78 is 3.27. The van der Waals surface area contributed by atoms with Gasteiger partial charge in [-0.15, -0.1) is 11.3 Å². The SMILES string of the molecule is CCCCCCn1c(-c2ccccc2)csc1=S. The van der Waals surface area contributed by atoms with Crippen LogP contribution in [0.15, 0.2) is 35.7 Å². The first-order chi connectivity index (χ1) is 8.83. The zero-order valence-electron chi connectivity index (χ0n) is 10.8. The molecule has 1 aromatic carbocycles. The summed E-state index contributed by atoms with van der Waals surface area (Å²) in [4.78, 5) is 0. The molecule has 0 atom stereocenters. The highest BCUT2D eigenvalue weighted by molar-refractivity contribution is 7.73. The summed E-state index contributed by atoms with van der Waals surface area (Å²) in [5.41, 5.74) is 2.53. The fraction of sp³-hybridized carbons (Fsp3) is 0.400. The third-order valence-electron chi connectivity index (χ3n) is 3.09. The fourth-order valence-electron chi connectivity index (χ4n) is 2.07. The minimum Gasteiger partial charge on any atom is -0.323 e. The Bertz CT molecular complexity index is 525.